The van der Waals surface area contributed by atoms with E-state index in [2.05, 4.69) is 15.9 Å². The molecule has 2 aromatic rings. The molecule has 6 nitrogen and oxygen atoms in total. The Morgan fingerprint density at radius 2 is 1.62 bits per heavy atom. The number of nitrogens with zero attached hydrogens (tertiary/aromatic N) is 2. The van der Waals surface area contributed by atoms with Gasteiger partial charge in [0.05, 0.1) is 11.5 Å². The van der Waals surface area contributed by atoms with Crippen LogP contribution < -0.4 is 0 Å². The fourth-order valence-electron chi connectivity index (χ4n) is 4.00. The van der Waals surface area contributed by atoms with Crippen LogP contribution >= 0.6 is 15.9 Å². The zero-order valence-corrected chi connectivity index (χ0v) is 18.6. The molecule has 0 unspecified atom stereocenters. The van der Waals surface area contributed by atoms with E-state index in [1.807, 2.05) is 19.1 Å². The molecule has 0 atom stereocenters. The van der Waals surface area contributed by atoms with Gasteiger partial charge < -0.3 is 9.64 Å². The number of carbonyl (C=O) groups is 1. The van der Waals surface area contributed by atoms with E-state index in [1.165, 1.54) is 4.31 Å². The predicted octanol–water partition coefficient (Wildman–Crippen LogP) is 3.41. The van der Waals surface area contributed by atoms with Crippen LogP contribution in [0.1, 0.15) is 28.8 Å². The minimum atomic E-state index is -3.66. The minimum absolute atomic E-state index is 0.0433. The summed E-state index contributed by atoms with van der Waals surface area (Å²) in [7, 11) is -3.66. The Morgan fingerprint density at radius 3 is 2.24 bits per heavy atom. The first-order valence-electron chi connectivity index (χ1n) is 9.60. The lowest BCUT2D eigenvalue weighted by molar-refractivity contribution is -0.0857. The largest absolute Gasteiger partial charge is 0.358 e. The second-order valence-corrected chi connectivity index (χ2v) is 10.3. The highest BCUT2D eigenvalue weighted by Crippen LogP contribution is 2.38. The number of benzene rings is 2. The van der Waals surface area contributed by atoms with Gasteiger partial charge in [0, 0.05) is 42.5 Å². The van der Waals surface area contributed by atoms with E-state index in [4.69, 9.17) is 4.74 Å². The van der Waals surface area contributed by atoms with E-state index >= 15 is 0 Å². The predicted molar refractivity (Wildman–Crippen MR) is 113 cm³/mol. The van der Waals surface area contributed by atoms with Gasteiger partial charge in [-0.1, -0.05) is 33.6 Å². The number of carbonyl (C=O) groups excluding carboxylic acids is 1. The van der Waals surface area contributed by atoms with Crippen LogP contribution in [-0.2, 0) is 14.8 Å². The van der Waals surface area contributed by atoms with Gasteiger partial charge in [0.25, 0.3) is 5.91 Å². The molecule has 0 N–H and O–H groups in total. The van der Waals surface area contributed by atoms with Crippen molar-refractivity contribution in [3.8, 4) is 0 Å². The third-order valence-electron chi connectivity index (χ3n) is 5.65. The summed E-state index contributed by atoms with van der Waals surface area (Å²) in [5.41, 5.74) is 0.761. The van der Waals surface area contributed by atoms with Crippen LogP contribution in [-0.4, -0.2) is 55.5 Å². The molecule has 0 aromatic heterocycles. The van der Waals surface area contributed by atoms with Crippen molar-refractivity contribution in [3.05, 3.63) is 64.1 Å². The summed E-state index contributed by atoms with van der Waals surface area (Å²) in [6, 6.07) is 14.1. The first kappa shape index (κ1) is 20.5. The van der Waals surface area contributed by atoms with Crippen LogP contribution in [0, 0.1) is 6.92 Å². The van der Waals surface area contributed by atoms with Crippen molar-refractivity contribution in [2.45, 2.75) is 30.4 Å². The molecule has 29 heavy (non-hydrogen) atoms. The summed E-state index contributed by atoms with van der Waals surface area (Å²) in [5.74, 6) is -0.0433. The molecule has 2 fully saturated rings. The van der Waals surface area contributed by atoms with Gasteiger partial charge in [-0.25, -0.2) is 8.42 Å². The maximum atomic E-state index is 13.2. The minimum Gasteiger partial charge on any atom is -0.358 e. The number of amides is 1. The second kappa shape index (κ2) is 7.83. The number of ether oxygens (including phenoxy) is 1. The van der Waals surface area contributed by atoms with E-state index in [1.54, 1.807) is 41.3 Å². The number of aryl methyl sites for hydroxylation is 1. The van der Waals surface area contributed by atoms with E-state index in [0.29, 0.717) is 44.6 Å². The molecule has 0 radical (unpaired) electrons. The van der Waals surface area contributed by atoms with Gasteiger partial charge in [-0.2, -0.15) is 4.31 Å². The molecular weight excluding hydrogens is 456 g/mol. The Morgan fingerprint density at radius 1 is 1.00 bits per heavy atom. The quantitative estimate of drug-likeness (QED) is 0.677. The van der Waals surface area contributed by atoms with E-state index < -0.39 is 15.7 Å². The van der Waals surface area contributed by atoms with Gasteiger partial charge in [-0.05, 0) is 43.3 Å². The molecular formula is C21H23BrN2O4S. The van der Waals surface area contributed by atoms with Gasteiger partial charge in [0.2, 0.25) is 10.0 Å². The summed E-state index contributed by atoms with van der Waals surface area (Å²) >= 11 is 3.38. The average Bonchev–Trinajstić information content (AvgIpc) is 3.13. The molecule has 0 bridgehead atoms. The zero-order chi connectivity index (χ0) is 20.6. The molecule has 0 aliphatic carbocycles. The first-order valence-corrected chi connectivity index (χ1v) is 11.8. The molecule has 2 saturated heterocycles. The maximum Gasteiger partial charge on any atom is 0.253 e. The Labute approximate surface area is 179 Å². The van der Waals surface area contributed by atoms with Crippen molar-refractivity contribution in [1.82, 2.24) is 9.21 Å². The third-order valence-corrected chi connectivity index (χ3v) is 8.14. The second-order valence-electron chi connectivity index (χ2n) is 7.48. The fraction of sp³-hybridized carbons (Fsp3) is 0.381. The summed E-state index contributed by atoms with van der Waals surface area (Å²) in [6.07, 6.45) is 0.917. The van der Waals surface area contributed by atoms with Crippen molar-refractivity contribution in [3.63, 3.8) is 0 Å². The standard InChI is InChI=1S/C21H23BrN2O4S/c1-16-2-8-19(9-3-16)29(26,27)24-14-15-28-21(24)10-12-23(13-11-21)20(25)17-4-6-18(22)7-5-17/h2-9H,10-15H2,1H3. The third kappa shape index (κ3) is 3.86. The van der Waals surface area contributed by atoms with Gasteiger partial charge >= 0.3 is 0 Å². The number of hydrogen-bond donors (Lipinski definition) is 0. The van der Waals surface area contributed by atoms with Crippen molar-refractivity contribution < 1.29 is 17.9 Å². The molecule has 8 heteroatoms. The van der Waals surface area contributed by atoms with Crippen LogP contribution in [0.2, 0.25) is 0 Å². The van der Waals surface area contributed by atoms with Crippen LogP contribution in [0.4, 0.5) is 0 Å². The lowest BCUT2D eigenvalue weighted by Gasteiger charge is -2.42. The molecule has 154 valence electrons. The van der Waals surface area contributed by atoms with Crippen LogP contribution in [0.5, 0.6) is 0 Å². The lowest BCUT2D eigenvalue weighted by atomic mass is 10.00. The monoisotopic (exact) mass is 478 g/mol. The van der Waals surface area contributed by atoms with Crippen molar-refractivity contribution >= 4 is 31.9 Å². The number of hydrogen-bond acceptors (Lipinski definition) is 4. The van der Waals surface area contributed by atoms with E-state index in [-0.39, 0.29) is 10.8 Å². The summed E-state index contributed by atoms with van der Waals surface area (Å²) < 4.78 is 34.9. The Balaban J connectivity index is 1.51. The number of sulfonamides is 1. The molecule has 0 saturated carbocycles. The molecule has 2 aromatic carbocycles. The highest BCUT2D eigenvalue weighted by Gasteiger charge is 2.50. The molecule has 2 aliphatic heterocycles. The Hall–Kier alpha value is -1.74. The van der Waals surface area contributed by atoms with Crippen LogP contribution in [0.3, 0.4) is 0 Å². The van der Waals surface area contributed by atoms with Crippen LogP contribution in [0.15, 0.2) is 57.9 Å². The SMILES string of the molecule is Cc1ccc(S(=O)(=O)N2CCOC23CCN(C(=O)c2ccc(Br)cc2)CC3)cc1. The summed E-state index contributed by atoms with van der Waals surface area (Å²) in [5, 5.41) is 0. The van der Waals surface area contributed by atoms with Gasteiger partial charge in [0.15, 0.2) is 0 Å². The number of piperidine rings is 1. The van der Waals surface area contributed by atoms with E-state index in [9.17, 15) is 13.2 Å². The number of likely N-dealkylation sites (tertiary alicyclic amines) is 1. The topological polar surface area (TPSA) is 66.9 Å². The van der Waals surface area contributed by atoms with Gasteiger partial charge in [-0.3, -0.25) is 4.79 Å². The normalized spacial score (nSPS) is 19.6. The smallest absolute Gasteiger partial charge is 0.253 e. The molecule has 2 aliphatic rings. The number of halogens is 1. The van der Waals surface area contributed by atoms with E-state index in [0.717, 1.165) is 10.0 Å². The molecule has 4 rings (SSSR count). The lowest BCUT2D eigenvalue weighted by Crippen LogP contribution is -2.55. The Bertz CT molecular complexity index is 998. The Kier molecular flexibility index (Phi) is 5.54. The zero-order valence-electron chi connectivity index (χ0n) is 16.2. The number of rotatable bonds is 3. The van der Waals surface area contributed by atoms with Crippen LogP contribution in [0.25, 0.3) is 0 Å². The van der Waals surface area contributed by atoms with Crippen molar-refractivity contribution in [2.24, 2.45) is 0 Å². The average molecular weight is 479 g/mol. The highest BCUT2D eigenvalue weighted by molar-refractivity contribution is 9.10. The highest BCUT2D eigenvalue weighted by atomic mass is 79.9. The maximum absolute atomic E-state index is 13.2. The fourth-order valence-corrected chi connectivity index (χ4v) is 5.99. The molecule has 1 spiro atoms. The summed E-state index contributed by atoms with van der Waals surface area (Å²) in [4.78, 5) is 14.8. The molecule has 1 amide bonds. The van der Waals surface area contributed by atoms with Gasteiger partial charge in [0.1, 0.15) is 5.72 Å². The van der Waals surface area contributed by atoms with Crippen molar-refractivity contribution in [2.75, 3.05) is 26.2 Å². The summed E-state index contributed by atoms with van der Waals surface area (Å²) in [6.45, 7) is 3.53. The molecule has 2 heterocycles. The van der Waals surface area contributed by atoms with Gasteiger partial charge in [-0.15, -0.1) is 0 Å². The first-order chi connectivity index (χ1) is 13.8. The van der Waals surface area contributed by atoms with Crippen molar-refractivity contribution in [1.29, 1.82) is 0 Å².